The lowest BCUT2D eigenvalue weighted by Gasteiger charge is -2.10. The summed E-state index contributed by atoms with van der Waals surface area (Å²) in [6.45, 7) is 4.37. The number of benzene rings is 1. The Balaban J connectivity index is 2.71. The number of aliphatic imine (C=N–C) groups is 1. The van der Waals surface area contributed by atoms with Gasteiger partial charge < -0.3 is 10.6 Å². The second-order valence-corrected chi connectivity index (χ2v) is 3.36. The Morgan fingerprint density at radius 1 is 1.31 bits per heavy atom. The van der Waals surface area contributed by atoms with Crippen LogP contribution in [0.25, 0.3) is 0 Å². The van der Waals surface area contributed by atoms with Gasteiger partial charge in [-0.15, -0.1) is 0 Å². The SMILES string of the molecule is CCNC(=NC)Nc1ccc(C(C)=O)cc1. The second kappa shape index (κ2) is 5.90. The molecule has 0 aromatic heterocycles. The summed E-state index contributed by atoms with van der Waals surface area (Å²) >= 11 is 0. The van der Waals surface area contributed by atoms with Crippen LogP contribution in [-0.2, 0) is 0 Å². The summed E-state index contributed by atoms with van der Waals surface area (Å²) in [6.07, 6.45) is 0. The van der Waals surface area contributed by atoms with E-state index in [0.29, 0.717) is 5.56 Å². The Bertz CT molecular complexity index is 382. The van der Waals surface area contributed by atoms with Crippen LogP contribution in [0.4, 0.5) is 5.69 Å². The first-order chi connectivity index (χ1) is 7.67. The van der Waals surface area contributed by atoms with Crippen molar-refractivity contribution in [3.8, 4) is 0 Å². The van der Waals surface area contributed by atoms with Gasteiger partial charge in [-0.05, 0) is 38.1 Å². The largest absolute Gasteiger partial charge is 0.356 e. The number of guanidine groups is 1. The molecule has 0 saturated carbocycles. The number of Topliss-reactive ketones (excluding diaryl/α,β-unsaturated/α-hetero) is 1. The van der Waals surface area contributed by atoms with Gasteiger partial charge in [-0.1, -0.05) is 0 Å². The highest BCUT2D eigenvalue weighted by atomic mass is 16.1. The Kier molecular flexibility index (Phi) is 4.51. The molecule has 0 radical (unpaired) electrons. The van der Waals surface area contributed by atoms with Gasteiger partial charge in [-0.25, -0.2) is 0 Å². The van der Waals surface area contributed by atoms with Gasteiger partial charge in [-0.2, -0.15) is 0 Å². The standard InChI is InChI=1S/C12H17N3O/c1-4-14-12(13-3)15-11-7-5-10(6-8-11)9(2)16/h5-8H,4H2,1-3H3,(H2,13,14,15). The monoisotopic (exact) mass is 219 g/mol. The van der Waals surface area contributed by atoms with Gasteiger partial charge in [0.15, 0.2) is 11.7 Å². The quantitative estimate of drug-likeness (QED) is 0.464. The van der Waals surface area contributed by atoms with Crippen molar-refractivity contribution in [3.05, 3.63) is 29.8 Å². The Labute approximate surface area is 95.8 Å². The van der Waals surface area contributed by atoms with E-state index >= 15 is 0 Å². The molecule has 1 aromatic carbocycles. The summed E-state index contributed by atoms with van der Waals surface area (Å²) in [6, 6.07) is 7.31. The zero-order valence-electron chi connectivity index (χ0n) is 9.87. The molecule has 0 heterocycles. The molecule has 0 aliphatic rings. The number of ketones is 1. The molecule has 0 saturated heterocycles. The molecule has 1 aromatic rings. The predicted octanol–water partition coefficient (Wildman–Crippen LogP) is 1.90. The highest BCUT2D eigenvalue weighted by molar-refractivity contribution is 5.96. The van der Waals surface area contributed by atoms with Gasteiger partial charge in [0.1, 0.15) is 0 Å². The fourth-order valence-electron chi connectivity index (χ4n) is 1.27. The second-order valence-electron chi connectivity index (χ2n) is 3.36. The number of hydrogen-bond donors (Lipinski definition) is 2. The van der Waals surface area contributed by atoms with Crippen LogP contribution in [0.5, 0.6) is 0 Å². The van der Waals surface area contributed by atoms with Gasteiger partial charge in [0.2, 0.25) is 0 Å². The van der Waals surface area contributed by atoms with Crippen molar-refractivity contribution in [2.75, 3.05) is 18.9 Å². The van der Waals surface area contributed by atoms with Gasteiger partial charge in [0.25, 0.3) is 0 Å². The summed E-state index contributed by atoms with van der Waals surface area (Å²) in [5.74, 6) is 0.792. The molecule has 0 aliphatic heterocycles. The van der Waals surface area contributed by atoms with Gasteiger partial charge in [0.05, 0.1) is 0 Å². The third kappa shape index (κ3) is 3.38. The van der Waals surface area contributed by atoms with E-state index in [1.807, 2.05) is 19.1 Å². The minimum Gasteiger partial charge on any atom is -0.356 e. The van der Waals surface area contributed by atoms with Crippen LogP contribution in [0.1, 0.15) is 24.2 Å². The van der Waals surface area contributed by atoms with Gasteiger partial charge in [0, 0.05) is 24.8 Å². The minimum absolute atomic E-state index is 0.0719. The number of hydrogen-bond acceptors (Lipinski definition) is 2. The molecule has 0 bridgehead atoms. The summed E-state index contributed by atoms with van der Waals surface area (Å²) in [4.78, 5) is 15.1. The van der Waals surface area contributed by atoms with Gasteiger partial charge >= 0.3 is 0 Å². The molecule has 4 nitrogen and oxygen atoms in total. The number of rotatable bonds is 3. The zero-order valence-corrected chi connectivity index (χ0v) is 9.87. The maximum absolute atomic E-state index is 11.1. The first-order valence-corrected chi connectivity index (χ1v) is 5.26. The summed E-state index contributed by atoms with van der Waals surface area (Å²) in [5, 5.41) is 6.21. The molecular formula is C12H17N3O. The van der Waals surface area contributed by atoms with E-state index < -0.39 is 0 Å². The third-order valence-corrected chi connectivity index (χ3v) is 2.12. The maximum atomic E-state index is 11.1. The van der Waals surface area contributed by atoms with Crippen LogP contribution in [0.15, 0.2) is 29.3 Å². The number of nitrogens with zero attached hydrogens (tertiary/aromatic N) is 1. The lowest BCUT2D eigenvalue weighted by Crippen LogP contribution is -2.30. The van der Waals surface area contributed by atoms with E-state index in [2.05, 4.69) is 15.6 Å². The van der Waals surface area contributed by atoms with Crippen molar-refractivity contribution < 1.29 is 4.79 Å². The van der Waals surface area contributed by atoms with E-state index in [0.717, 1.165) is 18.2 Å². The lowest BCUT2D eigenvalue weighted by molar-refractivity contribution is 0.101. The zero-order chi connectivity index (χ0) is 12.0. The molecule has 16 heavy (non-hydrogen) atoms. The van der Waals surface area contributed by atoms with Crippen LogP contribution in [-0.4, -0.2) is 25.3 Å². The van der Waals surface area contributed by atoms with Crippen molar-refractivity contribution in [2.24, 2.45) is 4.99 Å². The molecule has 1 rings (SSSR count). The average Bonchev–Trinajstić information content (AvgIpc) is 2.29. The van der Waals surface area contributed by atoms with Gasteiger partial charge in [-0.3, -0.25) is 9.79 Å². The number of nitrogens with one attached hydrogen (secondary N) is 2. The van der Waals surface area contributed by atoms with Crippen molar-refractivity contribution in [1.82, 2.24) is 5.32 Å². The molecule has 4 heteroatoms. The predicted molar refractivity (Wildman–Crippen MR) is 67.1 cm³/mol. The van der Waals surface area contributed by atoms with Crippen LogP contribution in [0, 0.1) is 0 Å². The number of anilines is 1. The summed E-state index contributed by atoms with van der Waals surface area (Å²) in [5.41, 5.74) is 1.62. The maximum Gasteiger partial charge on any atom is 0.195 e. The van der Waals surface area contributed by atoms with E-state index in [1.54, 1.807) is 26.1 Å². The first kappa shape index (κ1) is 12.2. The number of carbonyl (C=O) groups is 1. The van der Waals surface area contributed by atoms with Crippen molar-refractivity contribution >= 4 is 17.4 Å². The highest BCUT2D eigenvalue weighted by Crippen LogP contribution is 2.09. The molecule has 0 fully saturated rings. The summed E-state index contributed by atoms with van der Waals surface area (Å²) in [7, 11) is 1.72. The van der Waals surface area contributed by atoms with Crippen LogP contribution >= 0.6 is 0 Å². The fourth-order valence-corrected chi connectivity index (χ4v) is 1.27. The molecule has 0 unspecified atom stereocenters. The molecule has 0 amide bonds. The Morgan fingerprint density at radius 2 is 1.94 bits per heavy atom. The highest BCUT2D eigenvalue weighted by Gasteiger charge is 2.00. The topological polar surface area (TPSA) is 53.5 Å². The number of carbonyl (C=O) groups excluding carboxylic acids is 1. The summed E-state index contributed by atoms with van der Waals surface area (Å²) < 4.78 is 0. The van der Waals surface area contributed by atoms with Crippen LogP contribution in [0.3, 0.4) is 0 Å². The van der Waals surface area contributed by atoms with E-state index in [4.69, 9.17) is 0 Å². The molecule has 86 valence electrons. The van der Waals surface area contributed by atoms with E-state index in [1.165, 1.54) is 0 Å². The van der Waals surface area contributed by atoms with Crippen molar-refractivity contribution in [2.45, 2.75) is 13.8 Å². The van der Waals surface area contributed by atoms with Crippen LogP contribution in [0.2, 0.25) is 0 Å². The van der Waals surface area contributed by atoms with E-state index in [-0.39, 0.29) is 5.78 Å². The first-order valence-electron chi connectivity index (χ1n) is 5.26. The molecule has 0 spiro atoms. The Morgan fingerprint density at radius 3 is 2.38 bits per heavy atom. The molecule has 0 atom stereocenters. The minimum atomic E-state index is 0.0719. The molecule has 0 aliphatic carbocycles. The third-order valence-electron chi connectivity index (χ3n) is 2.12. The fraction of sp³-hybridized carbons (Fsp3) is 0.333. The smallest absolute Gasteiger partial charge is 0.195 e. The van der Waals surface area contributed by atoms with Crippen molar-refractivity contribution in [1.29, 1.82) is 0 Å². The molecular weight excluding hydrogens is 202 g/mol. The Hall–Kier alpha value is -1.84. The molecule has 2 N–H and O–H groups in total. The van der Waals surface area contributed by atoms with E-state index in [9.17, 15) is 4.79 Å². The average molecular weight is 219 g/mol. The normalized spacial score (nSPS) is 11.1. The van der Waals surface area contributed by atoms with Crippen LogP contribution < -0.4 is 10.6 Å². The van der Waals surface area contributed by atoms with Crippen molar-refractivity contribution in [3.63, 3.8) is 0 Å². The lowest BCUT2D eigenvalue weighted by atomic mass is 10.1.